The molecule has 4 atom stereocenters. The van der Waals surface area contributed by atoms with Gasteiger partial charge in [0.05, 0.1) is 18.2 Å². The first-order valence-corrected chi connectivity index (χ1v) is 8.95. The van der Waals surface area contributed by atoms with E-state index in [1.54, 1.807) is 6.20 Å². The summed E-state index contributed by atoms with van der Waals surface area (Å²) in [5, 5.41) is 35.2. The van der Waals surface area contributed by atoms with Gasteiger partial charge in [-0.05, 0) is 19.1 Å². The van der Waals surface area contributed by atoms with Gasteiger partial charge in [0.1, 0.15) is 29.7 Å². The molecule has 1 aliphatic rings. The highest BCUT2D eigenvalue weighted by atomic mass is 32.2. The Kier molecular flexibility index (Phi) is 4.63. The Morgan fingerprint density at radius 3 is 2.62 bits per heavy atom. The number of nitrogens with zero attached hydrogens (tertiary/aromatic N) is 4. The van der Waals surface area contributed by atoms with Gasteiger partial charge >= 0.3 is 0 Å². The molecule has 0 radical (unpaired) electrons. The van der Waals surface area contributed by atoms with Crippen LogP contribution in [-0.2, 0) is 4.74 Å². The van der Waals surface area contributed by atoms with Crippen molar-refractivity contribution < 1.29 is 20.1 Å². The number of hydrogen-bond donors (Lipinski definition) is 3. The molecular weight excluding hydrogens is 356 g/mol. The van der Waals surface area contributed by atoms with Crippen LogP contribution in [0.4, 0.5) is 0 Å². The molecular formula is C17H18N4O4S. The van der Waals surface area contributed by atoms with Crippen molar-refractivity contribution in [2.75, 3.05) is 6.61 Å². The van der Waals surface area contributed by atoms with Crippen molar-refractivity contribution in [1.29, 1.82) is 0 Å². The molecule has 1 aliphatic heterocycles. The normalized spacial score (nSPS) is 25.8. The van der Waals surface area contributed by atoms with Gasteiger partial charge in [-0.15, -0.1) is 0 Å². The average Bonchev–Trinajstić information content (AvgIpc) is 3.19. The molecule has 4 rings (SSSR count). The van der Waals surface area contributed by atoms with E-state index in [1.165, 1.54) is 28.3 Å². The fraction of sp³-hybridized carbons (Fsp3) is 0.353. The highest BCUT2D eigenvalue weighted by molar-refractivity contribution is 7.99. The van der Waals surface area contributed by atoms with Crippen molar-refractivity contribution in [3.05, 3.63) is 42.4 Å². The Balaban J connectivity index is 1.68. The number of aliphatic hydroxyl groups excluding tert-OH is 3. The Labute approximate surface area is 153 Å². The van der Waals surface area contributed by atoms with Crippen LogP contribution in [0.5, 0.6) is 0 Å². The summed E-state index contributed by atoms with van der Waals surface area (Å²) in [6.07, 6.45) is -1.14. The van der Waals surface area contributed by atoms with Crippen molar-refractivity contribution >= 4 is 22.8 Å². The summed E-state index contributed by atoms with van der Waals surface area (Å²) in [5.41, 5.74) is 1.67. The topological polar surface area (TPSA) is 114 Å². The van der Waals surface area contributed by atoms with Crippen molar-refractivity contribution in [2.45, 2.75) is 41.4 Å². The van der Waals surface area contributed by atoms with Crippen LogP contribution in [0.25, 0.3) is 11.0 Å². The predicted molar refractivity (Wildman–Crippen MR) is 93.6 cm³/mol. The van der Waals surface area contributed by atoms with Gasteiger partial charge in [-0.1, -0.05) is 29.5 Å². The number of benzene rings is 1. The Morgan fingerprint density at radius 2 is 1.92 bits per heavy atom. The molecule has 1 fully saturated rings. The smallest absolute Gasteiger partial charge is 0.181 e. The van der Waals surface area contributed by atoms with E-state index in [-0.39, 0.29) is 0 Å². The van der Waals surface area contributed by atoms with E-state index < -0.39 is 31.1 Å². The third-order valence-electron chi connectivity index (χ3n) is 4.35. The lowest BCUT2D eigenvalue weighted by atomic mass is 10.1. The summed E-state index contributed by atoms with van der Waals surface area (Å²) in [4.78, 5) is 9.63. The molecule has 2 aromatic heterocycles. The molecule has 0 unspecified atom stereocenters. The number of hydrogen-bond acceptors (Lipinski definition) is 8. The lowest BCUT2D eigenvalue weighted by Gasteiger charge is -2.15. The zero-order chi connectivity index (χ0) is 18.3. The van der Waals surface area contributed by atoms with Crippen molar-refractivity contribution in [3.8, 4) is 0 Å². The largest absolute Gasteiger partial charge is 0.394 e. The zero-order valence-corrected chi connectivity index (χ0v) is 14.7. The van der Waals surface area contributed by atoms with E-state index in [4.69, 9.17) is 4.74 Å². The van der Waals surface area contributed by atoms with Crippen LogP contribution < -0.4 is 0 Å². The molecule has 3 aromatic rings. The predicted octanol–water partition coefficient (Wildman–Crippen LogP) is 0.897. The zero-order valence-electron chi connectivity index (χ0n) is 13.9. The SMILES string of the molecule is Cc1ccc(Sc2ncnc3c2cnn3[C@@H]2O[C@H](CO)[C@@H](O)[C@H]2O)cc1. The van der Waals surface area contributed by atoms with Gasteiger partial charge in [0.2, 0.25) is 0 Å². The molecule has 0 aliphatic carbocycles. The van der Waals surface area contributed by atoms with Gasteiger partial charge in [-0.3, -0.25) is 0 Å². The van der Waals surface area contributed by atoms with Crippen molar-refractivity contribution in [2.24, 2.45) is 0 Å². The van der Waals surface area contributed by atoms with Crippen LogP contribution in [0.3, 0.4) is 0 Å². The van der Waals surface area contributed by atoms with E-state index in [0.717, 1.165) is 15.3 Å². The Morgan fingerprint density at radius 1 is 1.15 bits per heavy atom. The van der Waals surface area contributed by atoms with Crippen LogP contribution in [0.1, 0.15) is 11.8 Å². The monoisotopic (exact) mass is 374 g/mol. The van der Waals surface area contributed by atoms with Gasteiger partial charge < -0.3 is 20.1 Å². The minimum atomic E-state index is -1.21. The maximum Gasteiger partial charge on any atom is 0.181 e. The van der Waals surface area contributed by atoms with Gasteiger partial charge in [-0.25, -0.2) is 14.6 Å². The summed E-state index contributed by atoms with van der Waals surface area (Å²) in [6, 6.07) is 8.10. The summed E-state index contributed by atoms with van der Waals surface area (Å²) in [6.45, 7) is 1.64. The van der Waals surface area contributed by atoms with Crippen LogP contribution in [0.15, 0.2) is 46.7 Å². The van der Waals surface area contributed by atoms with E-state index in [2.05, 4.69) is 15.1 Å². The van der Waals surface area contributed by atoms with E-state index in [0.29, 0.717) is 5.65 Å². The molecule has 3 heterocycles. The molecule has 0 bridgehead atoms. The highest BCUT2D eigenvalue weighted by Gasteiger charge is 2.44. The molecule has 26 heavy (non-hydrogen) atoms. The van der Waals surface area contributed by atoms with Gasteiger partial charge in [0.15, 0.2) is 11.9 Å². The minimum absolute atomic E-state index is 0.391. The van der Waals surface area contributed by atoms with Gasteiger partial charge in [0, 0.05) is 4.90 Å². The molecule has 136 valence electrons. The number of ether oxygens (including phenoxy) is 1. The van der Waals surface area contributed by atoms with Crippen LogP contribution in [0.2, 0.25) is 0 Å². The van der Waals surface area contributed by atoms with Crippen LogP contribution in [0, 0.1) is 6.92 Å². The summed E-state index contributed by atoms with van der Waals surface area (Å²) < 4.78 is 6.96. The Bertz CT molecular complexity index is 917. The molecule has 8 nitrogen and oxygen atoms in total. The van der Waals surface area contributed by atoms with Crippen molar-refractivity contribution in [1.82, 2.24) is 19.7 Å². The lowest BCUT2D eigenvalue weighted by Crippen LogP contribution is -2.33. The molecule has 3 N–H and O–H groups in total. The van der Waals surface area contributed by atoms with Crippen molar-refractivity contribution in [3.63, 3.8) is 0 Å². The quantitative estimate of drug-likeness (QED) is 0.577. The van der Waals surface area contributed by atoms with Gasteiger partial charge in [0.25, 0.3) is 0 Å². The number of rotatable bonds is 4. The second kappa shape index (κ2) is 6.93. The number of aliphatic hydroxyl groups is 3. The summed E-state index contributed by atoms with van der Waals surface area (Å²) >= 11 is 1.49. The van der Waals surface area contributed by atoms with E-state index in [9.17, 15) is 15.3 Å². The fourth-order valence-electron chi connectivity index (χ4n) is 2.91. The lowest BCUT2D eigenvalue weighted by molar-refractivity contribution is -0.0566. The Hall–Kier alpha value is -2.04. The minimum Gasteiger partial charge on any atom is -0.394 e. The maximum atomic E-state index is 10.2. The summed E-state index contributed by atoms with van der Waals surface area (Å²) in [5.74, 6) is 0. The first kappa shape index (κ1) is 17.4. The number of aromatic nitrogens is 4. The second-order valence-corrected chi connectivity index (χ2v) is 7.21. The van der Waals surface area contributed by atoms with Crippen LogP contribution in [-0.4, -0.2) is 60.0 Å². The molecule has 0 amide bonds. The first-order chi connectivity index (χ1) is 12.6. The van der Waals surface area contributed by atoms with Gasteiger partial charge in [-0.2, -0.15) is 5.10 Å². The molecule has 1 aromatic carbocycles. The highest BCUT2D eigenvalue weighted by Crippen LogP contribution is 2.34. The third-order valence-corrected chi connectivity index (χ3v) is 5.37. The molecule has 0 saturated carbocycles. The van der Waals surface area contributed by atoms with E-state index >= 15 is 0 Å². The second-order valence-electron chi connectivity index (χ2n) is 6.15. The van der Waals surface area contributed by atoms with Crippen LogP contribution >= 0.6 is 11.8 Å². The number of fused-ring (bicyclic) bond motifs is 1. The molecule has 0 spiro atoms. The number of aryl methyl sites for hydroxylation is 1. The fourth-order valence-corrected chi connectivity index (χ4v) is 3.76. The first-order valence-electron chi connectivity index (χ1n) is 8.13. The average molecular weight is 374 g/mol. The standard InChI is InChI=1S/C17H18N4O4S/c1-9-2-4-10(5-3-9)26-16-11-6-20-21(15(11)18-8-19-16)17-14(24)13(23)12(7-22)25-17/h2-6,8,12-14,17,22-24H,7H2,1H3/t12-,13-,14-,17-/m1/s1. The summed E-state index contributed by atoms with van der Waals surface area (Å²) in [7, 11) is 0. The van der Waals surface area contributed by atoms with E-state index in [1.807, 2.05) is 31.2 Å². The molecule has 1 saturated heterocycles. The maximum absolute atomic E-state index is 10.2. The third kappa shape index (κ3) is 2.97. The molecule has 9 heteroatoms.